The van der Waals surface area contributed by atoms with Gasteiger partial charge in [0.15, 0.2) is 0 Å². The molecule has 1 aliphatic rings. The standard InChI is InChI=1S/C24H28N4O2S/c1-18(29)28(12-8-20-17-26-22-7-3-2-6-21(20)22)24(9-13-31-14-10-24)23(30)27-16-19-5-4-11-25-15-19/h2-7,11,15,17,26H,8-10,12-14,16H2,1H3,(H,27,30). The molecule has 1 fully saturated rings. The normalized spacial score (nSPS) is 15.5. The minimum atomic E-state index is -0.800. The summed E-state index contributed by atoms with van der Waals surface area (Å²) < 4.78 is 0. The molecule has 0 radical (unpaired) electrons. The number of carbonyl (C=O) groups excluding carboxylic acids is 2. The van der Waals surface area contributed by atoms with Crippen LogP contribution in [-0.2, 0) is 22.6 Å². The maximum absolute atomic E-state index is 13.5. The Labute approximate surface area is 186 Å². The van der Waals surface area contributed by atoms with Gasteiger partial charge in [0, 0.05) is 49.5 Å². The number of benzene rings is 1. The molecule has 2 aromatic heterocycles. The third kappa shape index (κ3) is 4.61. The van der Waals surface area contributed by atoms with E-state index in [1.165, 1.54) is 5.39 Å². The van der Waals surface area contributed by atoms with Crippen molar-refractivity contribution in [3.63, 3.8) is 0 Å². The molecule has 0 spiro atoms. The fraction of sp³-hybridized carbons (Fsp3) is 0.375. The Morgan fingerprint density at radius 2 is 2.00 bits per heavy atom. The number of thioether (sulfide) groups is 1. The van der Waals surface area contributed by atoms with Crippen LogP contribution in [0.4, 0.5) is 0 Å². The lowest BCUT2D eigenvalue weighted by atomic mass is 9.88. The fourth-order valence-corrected chi connectivity index (χ4v) is 5.59. The lowest BCUT2D eigenvalue weighted by molar-refractivity contribution is -0.147. The highest BCUT2D eigenvalue weighted by Gasteiger charge is 2.46. The van der Waals surface area contributed by atoms with Crippen LogP contribution in [-0.4, -0.2) is 50.3 Å². The van der Waals surface area contributed by atoms with Crippen LogP contribution in [0.1, 0.15) is 30.9 Å². The fourth-order valence-electron chi connectivity index (χ4n) is 4.42. The number of hydrogen-bond donors (Lipinski definition) is 2. The van der Waals surface area contributed by atoms with Gasteiger partial charge in [0.2, 0.25) is 11.8 Å². The number of rotatable bonds is 7. The van der Waals surface area contributed by atoms with E-state index in [4.69, 9.17) is 0 Å². The van der Waals surface area contributed by atoms with Crippen molar-refractivity contribution >= 4 is 34.5 Å². The lowest BCUT2D eigenvalue weighted by Gasteiger charge is -2.44. The molecule has 1 saturated heterocycles. The summed E-state index contributed by atoms with van der Waals surface area (Å²) in [6.45, 7) is 2.50. The van der Waals surface area contributed by atoms with Crippen LogP contribution in [0.3, 0.4) is 0 Å². The number of H-pyrrole nitrogens is 1. The molecule has 3 aromatic rings. The topological polar surface area (TPSA) is 78.1 Å². The van der Waals surface area contributed by atoms with E-state index in [-0.39, 0.29) is 11.8 Å². The van der Waals surface area contributed by atoms with Gasteiger partial charge in [-0.1, -0.05) is 24.3 Å². The summed E-state index contributed by atoms with van der Waals surface area (Å²) in [6, 6.07) is 12.0. The van der Waals surface area contributed by atoms with E-state index in [9.17, 15) is 9.59 Å². The molecular formula is C24H28N4O2S. The van der Waals surface area contributed by atoms with Crippen LogP contribution in [0.2, 0.25) is 0 Å². The summed E-state index contributed by atoms with van der Waals surface area (Å²) in [5, 5.41) is 4.25. The molecule has 1 aliphatic heterocycles. The van der Waals surface area contributed by atoms with Crippen molar-refractivity contribution in [2.45, 2.75) is 38.3 Å². The Hall–Kier alpha value is -2.80. The highest BCUT2D eigenvalue weighted by Crippen LogP contribution is 2.34. The number of aromatic nitrogens is 2. The third-order valence-electron chi connectivity index (χ3n) is 6.09. The lowest BCUT2D eigenvalue weighted by Crippen LogP contribution is -2.62. The molecule has 31 heavy (non-hydrogen) atoms. The zero-order valence-corrected chi connectivity index (χ0v) is 18.6. The predicted octanol–water partition coefficient (Wildman–Crippen LogP) is 3.54. The first kappa shape index (κ1) is 21.4. The highest BCUT2D eigenvalue weighted by atomic mass is 32.2. The van der Waals surface area contributed by atoms with Gasteiger partial charge in [-0.15, -0.1) is 0 Å². The molecule has 0 atom stereocenters. The zero-order chi connectivity index (χ0) is 21.7. The van der Waals surface area contributed by atoms with Gasteiger partial charge < -0.3 is 15.2 Å². The second kappa shape index (κ2) is 9.56. The van der Waals surface area contributed by atoms with E-state index in [1.54, 1.807) is 19.3 Å². The SMILES string of the molecule is CC(=O)N(CCc1c[nH]c2ccccc12)C1(C(=O)NCc2cccnc2)CCSCC1. The zero-order valence-electron chi connectivity index (χ0n) is 17.8. The van der Waals surface area contributed by atoms with Crippen molar-refractivity contribution in [2.24, 2.45) is 0 Å². The molecule has 6 nitrogen and oxygen atoms in total. The third-order valence-corrected chi connectivity index (χ3v) is 7.08. The summed E-state index contributed by atoms with van der Waals surface area (Å²) in [7, 11) is 0. The minimum Gasteiger partial charge on any atom is -0.361 e. The van der Waals surface area contributed by atoms with Crippen LogP contribution in [0.15, 0.2) is 55.0 Å². The summed E-state index contributed by atoms with van der Waals surface area (Å²) in [6.07, 6.45) is 7.52. The second-order valence-corrected chi connectivity index (χ2v) is 9.19. The Bertz CT molecular complexity index is 1040. The van der Waals surface area contributed by atoms with Crippen LogP contribution in [0.25, 0.3) is 10.9 Å². The Kier molecular flexibility index (Phi) is 6.61. The second-order valence-electron chi connectivity index (χ2n) is 7.97. The molecule has 162 valence electrons. The molecule has 7 heteroatoms. The van der Waals surface area contributed by atoms with Crippen LogP contribution < -0.4 is 5.32 Å². The predicted molar refractivity (Wildman–Crippen MR) is 125 cm³/mol. The first-order valence-electron chi connectivity index (χ1n) is 10.7. The maximum atomic E-state index is 13.5. The van der Waals surface area contributed by atoms with Crippen molar-refractivity contribution in [3.05, 3.63) is 66.1 Å². The molecule has 0 aliphatic carbocycles. The van der Waals surface area contributed by atoms with Gasteiger partial charge in [0.25, 0.3) is 0 Å². The number of aromatic amines is 1. The van der Waals surface area contributed by atoms with Crippen molar-refractivity contribution in [1.29, 1.82) is 0 Å². The molecule has 0 bridgehead atoms. The molecule has 2 amide bonds. The quantitative estimate of drug-likeness (QED) is 0.594. The van der Waals surface area contributed by atoms with Gasteiger partial charge in [0.05, 0.1) is 0 Å². The van der Waals surface area contributed by atoms with Crippen molar-refractivity contribution in [1.82, 2.24) is 20.2 Å². The van der Waals surface area contributed by atoms with E-state index in [1.807, 2.05) is 53.2 Å². The first-order valence-corrected chi connectivity index (χ1v) is 11.8. The van der Waals surface area contributed by atoms with Crippen LogP contribution in [0.5, 0.6) is 0 Å². The van der Waals surface area contributed by atoms with E-state index in [0.717, 1.165) is 28.1 Å². The van der Waals surface area contributed by atoms with E-state index in [2.05, 4.69) is 21.4 Å². The number of fused-ring (bicyclic) bond motifs is 1. The van der Waals surface area contributed by atoms with Gasteiger partial charge in [-0.25, -0.2) is 0 Å². The summed E-state index contributed by atoms with van der Waals surface area (Å²) >= 11 is 1.84. The number of para-hydroxylation sites is 1. The maximum Gasteiger partial charge on any atom is 0.246 e. The summed E-state index contributed by atoms with van der Waals surface area (Å²) in [5.41, 5.74) is 2.40. The highest BCUT2D eigenvalue weighted by molar-refractivity contribution is 7.99. The van der Waals surface area contributed by atoms with Crippen molar-refractivity contribution < 1.29 is 9.59 Å². The van der Waals surface area contributed by atoms with Gasteiger partial charge >= 0.3 is 0 Å². The number of nitrogens with one attached hydrogen (secondary N) is 2. The number of amides is 2. The van der Waals surface area contributed by atoms with Gasteiger partial charge in [-0.2, -0.15) is 11.8 Å². The Morgan fingerprint density at radius 3 is 2.74 bits per heavy atom. The van der Waals surface area contributed by atoms with E-state index in [0.29, 0.717) is 32.4 Å². The smallest absolute Gasteiger partial charge is 0.246 e. The Balaban J connectivity index is 1.54. The minimum absolute atomic E-state index is 0.0525. The summed E-state index contributed by atoms with van der Waals surface area (Å²) in [5.74, 6) is 1.63. The number of hydrogen-bond acceptors (Lipinski definition) is 4. The van der Waals surface area contributed by atoms with Crippen molar-refractivity contribution in [2.75, 3.05) is 18.1 Å². The first-order chi connectivity index (χ1) is 15.1. The van der Waals surface area contributed by atoms with Crippen LogP contribution in [0, 0.1) is 0 Å². The largest absolute Gasteiger partial charge is 0.361 e. The van der Waals surface area contributed by atoms with Gasteiger partial charge in [0.1, 0.15) is 5.54 Å². The molecular weight excluding hydrogens is 408 g/mol. The number of nitrogens with zero attached hydrogens (tertiary/aromatic N) is 2. The van der Waals surface area contributed by atoms with E-state index < -0.39 is 5.54 Å². The molecule has 1 aromatic carbocycles. The van der Waals surface area contributed by atoms with Gasteiger partial charge in [-0.3, -0.25) is 14.6 Å². The number of pyridine rings is 1. The van der Waals surface area contributed by atoms with Crippen molar-refractivity contribution in [3.8, 4) is 0 Å². The summed E-state index contributed by atoms with van der Waals surface area (Å²) in [4.78, 5) is 35.5. The molecule has 0 saturated carbocycles. The Morgan fingerprint density at radius 1 is 1.19 bits per heavy atom. The molecule has 3 heterocycles. The molecule has 2 N–H and O–H groups in total. The average Bonchev–Trinajstić information content (AvgIpc) is 3.22. The average molecular weight is 437 g/mol. The molecule has 0 unspecified atom stereocenters. The van der Waals surface area contributed by atoms with E-state index >= 15 is 0 Å². The molecule has 4 rings (SSSR count). The monoisotopic (exact) mass is 436 g/mol. The van der Waals surface area contributed by atoms with Gasteiger partial charge in [-0.05, 0) is 54.0 Å². The van der Waals surface area contributed by atoms with Crippen LogP contribution >= 0.6 is 11.8 Å². The number of carbonyl (C=O) groups is 2.